The molecule has 1 fully saturated rings. The minimum Gasteiger partial charge on any atom is -0.464 e. The van der Waals surface area contributed by atoms with Gasteiger partial charge in [-0.3, -0.25) is 9.59 Å². The number of esters is 1. The second-order valence-electron chi connectivity index (χ2n) is 7.37. The van der Waals surface area contributed by atoms with E-state index >= 15 is 0 Å². The Morgan fingerprint density at radius 3 is 2.53 bits per heavy atom. The number of benzene rings is 1. The van der Waals surface area contributed by atoms with Crippen LogP contribution in [0, 0.1) is 19.7 Å². The largest absolute Gasteiger partial charge is 0.464 e. The molecule has 0 spiro atoms. The third kappa shape index (κ3) is 4.59. The summed E-state index contributed by atoms with van der Waals surface area (Å²) in [5.41, 5.74) is 1.88. The summed E-state index contributed by atoms with van der Waals surface area (Å²) in [6.07, 6.45) is 1.55. The van der Waals surface area contributed by atoms with E-state index in [2.05, 4.69) is 4.98 Å². The van der Waals surface area contributed by atoms with Gasteiger partial charge in [-0.1, -0.05) is 0 Å². The summed E-state index contributed by atoms with van der Waals surface area (Å²) in [5, 5.41) is 0. The van der Waals surface area contributed by atoms with Gasteiger partial charge >= 0.3 is 5.97 Å². The minimum atomic E-state index is -0.562. The van der Waals surface area contributed by atoms with E-state index in [1.165, 1.54) is 36.3 Å². The van der Waals surface area contributed by atoms with Crippen molar-refractivity contribution in [3.05, 3.63) is 58.2 Å². The van der Waals surface area contributed by atoms with Gasteiger partial charge in [0, 0.05) is 30.0 Å². The second kappa shape index (κ2) is 9.21. The van der Waals surface area contributed by atoms with Gasteiger partial charge in [-0.05, 0) is 56.5 Å². The molecule has 8 heteroatoms. The highest BCUT2D eigenvalue weighted by molar-refractivity contribution is 6.05. The predicted molar refractivity (Wildman–Crippen MR) is 107 cm³/mol. The highest BCUT2D eigenvalue weighted by atomic mass is 19.1. The van der Waals surface area contributed by atoms with E-state index in [1.807, 2.05) is 0 Å². The van der Waals surface area contributed by atoms with Gasteiger partial charge in [0.05, 0.1) is 19.8 Å². The van der Waals surface area contributed by atoms with Gasteiger partial charge in [0.2, 0.25) is 0 Å². The summed E-state index contributed by atoms with van der Waals surface area (Å²) in [4.78, 5) is 42.4. The van der Waals surface area contributed by atoms with E-state index in [1.54, 1.807) is 13.8 Å². The molecule has 0 saturated carbocycles. The molecular weight excluding hydrogens is 391 g/mol. The maximum absolute atomic E-state index is 13.3. The van der Waals surface area contributed by atoms with Crippen molar-refractivity contribution in [1.29, 1.82) is 0 Å². The number of aromatic nitrogens is 1. The minimum absolute atomic E-state index is 0.152. The fourth-order valence-electron chi connectivity index (χ4n) is 3.76. The summed E-state index contributed by atoms with van der Waals surface area (Å²) in [6.45, 7) is 4.05. The number of ether oxygens (including phenoxy) is 2. The molecule has 1 N–H and O–H groups in total. The normalized spacial score (nSPS) is 15.8. The van der Waals surface area contributed by atoms with Crippen LogP contribution in [-0.2, 0) is 9.47 Å². The molecule has 2 heterocycles. The van der Waals surface area contributed by atoms with Gasteiger partial charge in [-0.25, -0.2) is 9.18 Å². The number of nitrogens with one attached hydrogen (secondary N) is 1. The molecule has 160 valence electrons. The lowest BCUT2D eigenvalue weighted by molar-refractivity contribution is 0.0506. The van der Waals surface area contributed by atoms with Crippen LogP contribution in [0.4, 0.5) is 4.39 Å². The monoisotopic (exact) mass is 416 g/mol. The van der Waals surface area contributed by atoms with E-state index in [4.69, 9.17) is 9.47 Å². The third-order valence-corrected chi connectivity index (χ3v) is 5.27. The molecule has 0 aliphatic carbocycles. The highest BCUT2D eigenvalue weighted by Crippen LogP contribution is 2.21. The molecule has 1 saturated heterocycles. The Kier molecular flexibility index (Phi) is 6.66. The van der Waals surface area contributed by atoms with Crippen molar-refractivity contribution in [2.24, 2.45) is 0 Å². The first-order valence-corrected chi connectivity index (χ1v) is 9.79. The van der Waals surface area contributed by atoms with E-state index in [0.717, 1.165) is 12.8 Å². The van der Waals surface area contributed by atoms with Crippen molar-refractivity contribution in [1.82, 2.24) is 9.88 Å². The lowest BCUT2D eigenvalue weighted by Crippen LogP contribution is -2.41. The molecule has 0 unspecified atom stereocenters. The molecule has 1 aromatic carbocycles. The Morgan fingerprint density at radius 1 is 1.23 bits per heavy atom. The van der Waals surface area contributed by atoms with Crippen molar-refractivity contribution in [2.75, 3.05) is 26.8 Å². The molecule has 1 atom stereocenters. The zero-order valence-corrected chi connectivity index (χ0v) is 17.3. The lowest BCUT2D eigenvalue weighted by Gasteiger charge is -2.25. The molecule has 7 nitrogen and oxygen atoms in total. The van der Waals surface area contributed by atoms with E-state index in [0.29, 0.717) is 29.0 Å². The van der Waals surface area contributed by atoms with Crippen LogP contribution in [0.25, 0.3) is 0 Å². The number of aromatic amines is 1. The number of H-pyrrole nitrogens is 1. The van der Waals surface area contributed by atoms with Crippen molar-refractivity contribution in [3.8, 4) is 0 Å². The number of hydrogen-bond donors (Lipinski definition) is 1. The quantitative estimate of drug-likeness (QED) is 0.554. The molecule has 30 heavy (non-hydrogen) atoms. The topological polar surface area (TPSA) is 88.7 Å². The van der Waals surface area contributed by atoms with E-state index < -0.39 is 11.8 Å². The first kappa shape index (κ1) is 21.7. The SMILES string of the molecule is COC(=O)c1[nH]c(C)c(C(=O)CN(C[C@H]2CCCO2)C(=O)c2ccc(F)cc2)c1C. The predicted octanol–water partition coefficient (Wildman–Crippen LogP) is 3.06. The summed E-state index contributed by atoms with van der Waals surface area (Å²) < 4.78 is 23.6. The number of amides is 1. The molecule has 2 aromatic rings. The van der Waals surface area contributed by atoms with Crippen LogP contribution in [0.2, 0.25) is 0 Å². The summed E-state index contributed by atoms with van der Waals surface area (Å²) in [6, 6.07) is 5.21. The number of rotatable bonds is 7. The number of methoxy groups -OCH3 is 1. The number of carbonyl (C=O) groups excluding carboxylic acids is 3. The van der Waals surface area contributed by atoms with Crippen molar-refractivity contribution in [2.45, 2.75) is 32.8 Å². The first-order chi connectivity index (χ1) is 14.3. The Hall–Kier alpha value is -3.00. The van der Waals surface area contributed by atoms with Crippen LogP contribution >= 0.6 is 0 Å². The number of hydrogen-bond acceptors (Lipinski definition) is 5. The molecule has 1 aliphatic rings. The van der Waals surface area contributed by atoms with Gasteiger partial charge in [0.1, 0.15) is 11.5 Å². The Bertz CT molecular complexity index is 945. The average Bonchev–Trinajstić information content (AvgIpc) is 3.34. The fourth-order valence-corrected chi connectivity index (χ4v) is 3.76. The number of carbonyl (C=O) groups is 3. The standard InChI is InChI=1S/C22H25FN2O5/c1-13-19(14(2)24-20(13)22(28)29-3)18(26)12-25(11-17-5-4-10-30-17)21(27)15-6-8-16(23)9-7-15/h6-9,17,24H,4-5,10-12H2,1-3H3/t17-/m1/s1. The van der Waals surface area contributed by atoms with Crippen LogP contribution in [0.3, 0.4) is 0 Å². The highest BCUT2D eigenvalue weighted by Gasteiger charge is 2.28. The van der Waals surface area contributed by atoms with Crippen LogP contribution < -0.4 is 0 Å². The molecular formula is C22H25FN2O5. The lowest BCUT2D eigenvalue weighted by atomic mass is 10.0. The average molecular weight is 416 g/mol. The zero-order valence-electron chi connectivity index (χ0n) is 17.3. The third-order valence-electron chi connectivity index (χ3n) is 5.27. The molecule has 3 rings (SSSR count). The van der Waals surface area contributed by atoms with Crippen LogP contribution in [0.1, 0.15) is 55.3 Å². The van der Waals surface area contributed by atoms with Gasteiger partial charge in [-0.15, -0.1) is 0 Å². The number of ketones is 1. The Balaban J connectivity index is 1.86. The van der Waals surface area contributed by atoms with Crippen LogP contribution in [-0.4, -0.2) is 60.5 Å². The molecule has 1 aliphatic heterocycles. The number of aryl methyl sites for hydroxylation is 1. The smallest absolute Gasteiger partial charge is 0.354 e. The van der Waals surface area contributed by atoms with Gasteiger partial charge in [0.15, 0.2) is 5.78 Å². The maximum atomic E-state index is 13.3. The Labute approximate surface area is 174 Å². The molecule has 1 aromatic heterocycles. The molecule has 1 amide bonds. The van der Waals surface area contributed by atoms with Crippen molar-refractivity contribution >= 4 is 17.7 Å². The summed E-state index contributed by atoms with van der Waals surface area (Å²) in [7, 11) is 1.27. The number of Topliss-reactive ketones (excluding diaryl/α,β-unsaturated/α-hetero) is 1. The van der Waals surface area contributed by atoms with Crippen LogP contribution in [0.15, 0.2) is 24.3 Å². The fraction of sp³-hybridized carbons (Fsp3) is 0.409. The van der Waals surface area contributed by atoms with Crippen molar-refractivity contribution < 1.29 is 28.2 Å². The summed E-state index contributed by atoms with van der Waals surface area (Å²) in [5.74, 6) is -1.68. The van der Waals surface area contributed by atoms with Crippen LogP contribution in [0.5, 0.6) is 0 Å². The second-order valence-corrected chi connectivity index (χ2v) is 7.37. The van der Waals surface area contributed by atoms with E-state index in [-0.39, 0.29) is 36.6 Å². The molecule has 0 radical (unpaired) electrons. The Morgan fingerprint density at radius 2 is 1.93 bits per heavy atom. The van der Waals surface area contributed by atoms with Crippen molar-refractivity contribution in [3.63, 3.8) is 0 Å². The first-order valence-electron chi connectivity index (χ1n) is 9.79. The number of nitrogens with zero attached hydrogens (tertiary/aromatic N) is 1. The van der Waals surface area contributed by atoms with Gasteiger partial charge < -0.3 is 19.4 Å². The van der Waals surface area contributed by atoms with E-state index in [9.17, 15) is 18.8 Å². The van der Waals surface area contributed by atoms with Gasteiger partial charge in [-0.2, -0.15) is 0 Å². The summed E-state index contributed by atoms with van der Waals surface area (Å²) >= 11 is 0. The van der Waals surface area contributed by atoms with Gasteiger partial charge in [0.25, 0.3) is 5.91 Å². The molecule has 0 bridgehead atoms. The number of halogens is 1. The zero-order chi connectivity index (χ0) is 21.8. The maximum Gasteiger partial charge on any atom is 0.354 e.